The van der Waals surface area contributed by atoms with Gasteiger partial charge in [-0.1, -0.05) is 0 Å². The van der Waals surface area contributed by atoms with E-state index in [1.165, 1.54) is 12.1 Å². The summed E-state index contributed by atoms with van der Waals surface area (Å²) in [5.41, 5.74) is 0.693. The Morgan fingerprint density at radius 2 is 2.09 bits per heavy atom. The number of aromatic nitrogens is 2. The molecule has 2 aromatic rings. The smallest absolute Gasteiger partial charge is 0.224 e. The molecule has 0 atom stereocenters. The highest BCUT2D eigenvalue weighted by Gasteiger charge is 2.06. The molecule has 0 radical (unpaired) electrons. The molecule has 1 N–H and O–H groups in total. The van der Waals surface area contributed by atoms with Gasteiger partial charge in [0.25, 0.3) is 0 Å². The quantitative estimate of drug-likeness (QED) is 0.798. The lowest BCUT2D eigenvalue weighted by Crippen LogP contribution is -2.12. The second-order valence-corrected chi connectivity index (χ2v) is 5.26. The molecule has 0 aliphatic carbocycles. The van der Waals surface area contributed by atoms with Gasteiger partial charge in [0.15, 0.2) is 0 Å². The number of nitrogens with one attached hydrogen (secondary N) is 1. The van der Waals surface area contributed by atoms with Crippen molar-refractivity contribution in [3.05, 3.63) is 42.5 Å². The fourth-order valence-electron chi connectivity index (χ4n) is 1.86. The number of anilines is 1. The Labute approximate surface area is 129 Å². The zero-order valence-electron chi connectivity index (χ0n) is 12.8. The summed E-state index contributed by atoms with van der Waals surface area (Å²) < 4.78 is 19.9. The van der Waals surface area contributed by atoms with Crippen LogP contribution in [0, 0.1) is 5.82 Å². The zero-order valence-corrected chi connectivity index (χ0v) is 12.8. The first-order chi connectivity index (χ1) is 10.5. The molecule has 22 heavy (non-hydrogen) atoms. The monoisotopic (exact) mass is 305 g/mol. The van der Waals surface area contributed by atoms with Crippen LogP contribution in [-0.2, 0) is 4.79 Å². The van der Waals surface area contributed by atoms with E-state index in [-0.39, 0.29) is 17.8 Å². The van der Waals surface area contributed by atoms with Gasteiger partial charge < -0.3 is 10.1 Å². The molecular weight excluding hydrogens is 285 g/mol. The summed E-state index contributed by atoms with van der Waals surface area (Å²) in [5.74, 6) is 0.222. The highest BCUT2D eigenvalue weighted by Crippen LogP contribution is 2.12. The first-order valence-electron chi connectivity index (χ1n) is 7.27. The number of halogens is 1. The second-order valence-electron chi connectivity index (χ2n) is 5.26. The predicted octanol–water partition coefficient (Wildman–Crippen LogP) is 3.40. The molecule has 2 rings (SSSR count). The Kier molecular flexibility index (Phi) is 5.52. The topological polar surface area (TPSA) is 56.2 Å². The minimum atomic E-state index is -0.298. The number of amides is 1. The van der Waals surface area contributed by atoms with Crippen molar-refractivity contribution in [2.75, 3.05) is 11.9 Å². The van der Waals surface area contributed by atoms with Gasteiger partial charge in [0.05, 0.1) is 18.5 Å². The Morgan fingerprint density at radius 3 is 2.73 bits per heavy atom. The van der Waals surface area contributed by atoms with Gasteiger partial charge in [-0.05, 0) is 44.5 Å². The zero-order chi connectivity index (χ0) is 15.9. The van der Waals surface area contributed by atoms with Gasteiger partial charge in [0.1, 0.15) is 11.6 Å². The highest BCUT2D eigenvalue weighted by molar-refractivity contribution is 5.90. The normalized spacial score (nSPS) is 10.7. The van der Waals surface area contributed by atoms with Crippen LogP contribution >= 0.6 is 0 Å². The van der Waals surface area contributed by atoms with E-state index in [0.29, 0.717) is 30.9 Å². The lowest BCUT2D eigenvalue weighted by Gasteiger charge is -2.06. The van der Waals surface area contributed by atoms with E-state index in [1.54, 1.807) is 29.2 Å². The Morgan fingerprint density at radius 1 is 1.36 bits per heavy atom. The summed E-state index contributed by atoms with van der Waals surface area (Å²) in [4.78, 5) is 11.8. The molecule has 0 aliphatic rings. The molecule has 5 nitrogen and oxygen atoms in total. The van der Waals surface area contributed by atoms with Crippen molar-refractivity contribution < 1.29 is 13.9 Å². The third-order valence-corrected chi connectivity index (χ3v) is 3.04. The molecular formula is C16H20FN3O2. The van der Waals surface area contributed by atoms with Crippen LogP contribution in [0.25, 0.3) is 0 Å². The summed E-state index contributed by atoms with van der Waals surface area (Å²) in [5, 5.41) is 6.95. The Bertz CT molecular complexity index is 608. The van der Waals surface area contributed by atoms with E-state index in [0.717, 1.165) is 0 Å². The SMILES string of the molecule is CC(C)n1cc(NC(=O)CCCOc2ccc(F)cc2)cn1. The number of rotatable bonds is 7. The third-order valence-electron chi connectivity index (χ3n) is 3.04. The molecule has 1 aromatic carbocycles. The van der Waals surface area contributed by atoms with Crippen molar-refractivity contribution >= 4 is 11.6 Å². The standard InChI is InChI=1S/C16H20FN3O2/c1-12(2)20-11-14(10-18-20)19-16(21)4-3-9-22-15-7-5-13(17)6-8-15/h5-8,10-12H,3-4,9H2,1-2H3,(H,19,21). The van der Waals surface area contributed by atoms with Gasteiger partial charge in [-0.25, -0.2) is 4.39 Å². The van der Waals surface area contributed by atoms with Gasteiger partial charge in [0, 0.05) is 18.7 Å². The second kappa shape index (κ2) is 7.59. The van der Waals surface area contributed by atoms with Crippen molar-refractivity contribution in [1.82, 2.24) is 9.78 Å². The molecule has 0 fully saturated rings. The van der Waals surface area contributed by atoms with Crippen molar-refractivity contribution in [2.45, 2.75) is 32.7 Å². The lowest BCUT2D eigenvalue weighted by atomic mass is 10.3. The van der Waals surface area contributed by atoms with Crippen LogP contribution in [0.4, 0.5) is 10.1 Å². The van der Waals surface area contributed by atoms with Crippen LogP contribution in [0.5, 0.6) is 5.75 Å². The fraction of sp³-hybridized carbons (Fsp3) is 0.375. The van der Waals surface area contributed by atoms with Crippen LogP contribution in [-0.4, -0.2) is 22.3 Å². The molecule has 0 unspecified atom stereocenters. The van der Waals surface area contributed by atoms with Gasteiger partial charge >= 0.3 is 0 Å². The number of nitrogens with zero attached hydrogens (tertiary/aromatic N) is 2. The molecule has 1 aromatic heterocycles. The van der Waals surface area contributed by atoms with E-state index >= 15 is 0 Å². The van der Waals surface area contributed by atoms with Gasteiger partial charge in [-0.15, -0.1) is 0 Å². The molecule has 6 heteroatoms. The van der Waals surface area contributed by atoms with E-state index < -0.39 is 0 Å². The van der Waals surface area contributed by atoms with Crippen molar-refractivity contribution in [2.24, 2.45) is 0 Å². The van der Waals surface area contributed by atoms with Crippen LogP contribution < -0.4 is 10.1 Å². The predicted molar refractivity (Wildman–Crippen MR) is 82.4 cm³/mol. The van der Waals surface area contributed by atoms with Gasteiger partial charge in [-0.3, -0.25) is 9.48 Å². The summed E-state index contributed by atoms with van der Waals surface area (Å²) in [7, 11) is 0. The average molecular weight is 305 g/mol. The number of ether oxygens (including phenoxy) is 1. The fourth-order valence-corrected chi connectivity index (χ4v) is 1.86. The van der Waals surface area contributed by atoms with E-state index in [9.17, 15) is 9.18 Å². The number of hydrogen-bond acceptors (Lipinski definition) is 3. The van der Waals surface area contributed by atoms with Gasteiger partial charge in [-0.2, -0.15) is 5.10 Å². The number of hydrogen-bond donors (Lipinski definition) is 1. The van der Waals surface area contributed by atoms with Gasteiger partial charge in [0.2, 0.25) is 5.91 Å². The molecule has 0 bridgehead atoms. The largest absolute Gasteiger partial charge is 0.494 e. The molecule has 0 spiro atoms. The summed E-state index contributed by atoms with van der Waals surface area (Å²) in [6, 6.07) is 6.07. The first-order valence-corrected chi connectivity index (χ1v) is 7.27. The van der Waals surface area contributed by atoms with Crippen molar-refractivity contribution in [1.29, 1.82) is 0 Å². The highest BCUT2D eigenvalue weighted by atomic mass is 19.1. The third kappa shape index (κ3) is 4.87. The molecule has 118 valence electrons. The summed E-state index contributed by atoms with van der Waals surface area (Å²) in [6.07, 6.45) is 4.38. The maximum absolute atomic E-state index is 12.7. The van der Waals surface area contributed by atoms with Crippen LogP contribution in [0.2, 0.25) is 0 Å². The molecule has 0 saturated carbocycles. The van der Waals surface area contributed by atoms with E-state index in [1.807, 2.05) is 13.8 Å². The van der Waals surface area contributed by atoms with Crippen molar-refractivity contribution in [3.63, 3.8) is 0 Å². The minimum absolute atomic E-state index is 0.0778. The number of carbonyl (C=O) groups is 1. The lowest BCUT2D eigenvalue weighted by molar-refractivity contribution is -0.116. The maximum atomic E-state index is 12.7. The molecule has 0 saturated heterocycles. The first kappa shape index (κ1) is 16.0. The maximum Gasteiger partial charge on any atom is 0.224 e. The Balaban J connectivity index is 1.68. The van der Waals surface area contributed by atoms with Crippen LogP contribution in [0.3, 0.4) is 0 Å². The number of carbonyl (C=O) groups excluding carboxylic acids is 1. The molecule has 1 heterocycles. The van der Waals surface area contributed by atoms with Crippen LogP contribution in [0.15, 0.2) is 36.7 Å². The van der Waals surface area contributed by atoms with E-state index in [4.69, 9.17) is 4.74 Å². The van der Waals surface area contributed by atoms with Crippen LogP contribution in [0.1, 0.15) is 32.7 Å². The summed E-state index contributed by atoms with van der Waals surface area (Å²) in [6.45, 7) is 4.45. The van der Waals surface area contributed by atoms with Crippen molar-refractivity contribution in [3.8, 4) is 5.75 Å². The minimum Gasteiger partial charge on any atom is -0.494 e. The van der Waals surface area contributed by atoms with E-state index in [2.05, 4.69) is 10.4 Å². The Hall–Kier alpha value is -2.37. The molecule has 0 aliphatic heterocycles. The number of benzene rings is 1. The average Bonchev–Trinajstić information content (AvgIpc) is 2.94. The summed E-state index contributed by atoms with van der Waals surface area (Å²) >= 11 is 0. The molecule has 1 amide bonds.